The lowest BCUT2D eigenvalue weighted by molar-refractivity contribution is 0.795. The summed E-state index contributed by atoms with van der Waals surface area (Å²) in [5.74, 6) is 0.850. The first-order valence-electron chi connectivity index (χ1n) is 5.61. The van der Waals surface area contributed by atoms with Gasteiger partial charge < -0.3 is 11.1 Å². The first-order chi connectivity index (χ1) is 8.65. The molecule has 0 aliphatic heterocycles. The van der Waals surface area contributed by atoms with E-state index in [2.05, 4.69) is 39.3 Å². The Balaban J connectivity index is 1.99. The molecule has 0 amide bonds. The average Bonchev–Trinajstić information content (AvgIpc) is 2.36. The number of nitrogens with two attached hydrogens (primary N) is 1. The first-order valence-corrected chi connectivity index (χ1v) is 5.99. The van der Waals surface area contributed by atoms with Crippen LogP contribution in [0.3, 0.4) is 0 Å². The highest BCUT2D eigenvalue weighted by Crippen LogP contribution is 2.15. The predicted octanol–water partition coefficient (Wildman–Crippen LogP) is 2.32. The van der Waals surface area contributed by atoms with Crippen LogP contribution in [-0.2, 0) is 0 Å². The number of benzene rings is 1. The zero-order valence-corrected chi connectivity index (χ0v) is 10.7. The minimum Gasteiger partial charge on any atom is -0.368 e. The van der Waals surface area contributed by atoms with Crippen LogP contribution in [0.5, 0.6) is 0 Å². The van der Waals surface area contributed by atoms with Gasteiger partial charge in [-0.3, -0.25) is 0 Å². The van der Waals surface area contributed by atoms with Gasteiger partial charge in [-0.05, 0) is 23.1 Å². The van der Waals surface area contributed by atoms with E-state index in [9.17, 15) is 0 Å². The monoisotopic (exact) mass is 263 g/mol. The summed E-state index contributed by atoms with van der Waals surface area (Å²) < 4.78 is 0. The Morgan fingerprint density at radius 1 is 1.22 bits per heavy atom. The Morgan fingerprint density at radius 3 is 2.61 bits per heavy atom. The lowest BCUT2D eigenvalue weighted by Gasteiger charge is -2.12. The summed E-state index contributed by atoms with van der Waals surface area (Å²) in [5.41, 5.74) is 6.74. The van der Waals surface area contributed by atoms with Crippen LogP contribution < -0.4 is 11.1 Å². The molecule has 5 nitrogen and oxygen atoms in total. The molecule has 18 heavy (non-hydrogen) atoms. The van der Waals surface area contributed by atoms with Gasteiger partial charge in [0.1, 0.15) is 0 Å². The van der Waals surface area contributed by atoms with E-state index in [1.165, 1.54) is 5.56 Å². The molecule has 1 atom stereocenters. The van der Waals surface area contributed by atoms with Gasteiger partial charge in [-0.1, -0.05) is 37.3 Å². The minimum atomic E-state index is 0.0948. The molecule has 6 heteroatoms. The number of anilines is 2. The molecule has 1 heterocycles. The third-order valence-electron chi connectivity index (χ3n) is 2.56. The highest BCUT2D eigenvalue weighted by Gasteiger charge is 2.07. The summed E-state index contributed by atoms with van der Waals surface area (Å²) in [7, 11) is 0. The minimum absolute atomic E-state index is 0.0948. The molecule has 0 aliphatic carbocycles. The fourth-order valence-corrected chi connectivity index (χ4v) is 1.75. The van der Waals surface area contributed by atoms with Crippen molar-refractivity contribution in [1.82, 2.24) is 15.0 Å². The highest BCUT2D eigenvalue weighted by molar-refractivity contribution is 6.28. The molecule has 1 aromatic carbocycles. The third kappa shape index (κ3) is 3.30. The number of nitrogens with one attached hydrogen (secondary N) is 1. The van der Waals surface area contributed by atoms with E-state index in [1.54, 1.807) is 0 Å². The average molecular weight is 264 g/mol. The molecule has 0 saturated carbocycles. The molecule has 1 unspecified atom stereocenters. The van der Waals surface area contributed by atoms with Crippen LogP contribution in [0.25, 0.3) is 0 Å². The van der Waals surface area contributed by atoms with Crippen molar-refractivity contribution in [3.05, 3.63) is 41.2 Å². The largest absolute Gasteiger partial charge is 0.368 e. The number of hydrogen-bond acceptors (Lipinski definition) is 5. The number of rotatable bonds is 4. The fourth-order valence-electron chi connectivity index (χ4n) is 1.59. The zero-order chi connectivity index (χ0) is 13.0. The second kappa shape index (κ2) is 5.64. The van der Waals surface area contributed by atoms with Crippen molar-refractivity contribution in [3.63, 3.8) is 0 Å². The molecule has 0 bridgehead atoms. The lowest BCUT2D eigenvalue weighted by Crippen LogP contribution is -2.13. The van der Waals surface area contributed by atoms with Crippen molar-refractivity contribution in [2.24, 2.45) is 0 Å². The molecule has 2 rings (SSSR count). The van der Waals surface area contributed by atoms with Crippen LogP contribution >= 0.6 is 11.6 Å². The van der Waals surface area contributed by atoms with Crippen LogP contribution in [0.2, 0.25) is 5.28 Å². The molecule has 0 saturated heterocycles. The smallest absolute Gasteiger partial charge is 0.228 e. The van der Waals surface area contributed by atoms with E-state index < -0.39 is 0 Å². The molecular weight excluding hydrogens is 250 g/mol. The van der Waals surface area contributed by atoms with Crippen LogP contribution in [0, 0.1) is 0 Å². The maximum Gasteiger partial charge on any atom is 0.228 e. The quantitative estimate of drug-likeness (QED) is 0.885. The maximum absolute atomic E-state index is 5.70. The topological polar surface area (TPSA) is 76.7 Å². The Bertz CT molecular complexity index is 497. The van der Waals surface area contributed by atoms with Crippen molar-refractivity contribution < 1.29 is 0 Å². The van der Waals surface area contributed by atoms with Crippen LogP contribution in [-0.4, -0.2) is 21.5 Å². The van der Waals surface area contributed by atoms with Gasteiger partial charge >= 0.3 is 0 Å². The third-order valence-corrected chi connectivity index (χ3v) is 2.73. The van der Waals surface area contributed by atoms with Gasteiger partial charge in [0, 0.05) is 6.54 Å². The summed E-state index contributed by atoms with van der Waals surface area (Å²) in [5, 5.41) is 3.19. The maximum atomic E-state index is 5.70. The van der Waals surface area contributed by atoms with Gasteiger partial charge in [0.25, 0.3) is 0 Å². The van der Waals surface area contributed by atoms with Gasteiger partial charge in [0.2, 0.25) is 17.2 Å². The Labute approximate surface area is 110 Å². The second-order valence-corrected chi connectivity index (χ2v) is 4.32. The lowest BCUT2D eigenvalue weighted by atomic mass is 10.0. The number of aromatic nitrogens is 3. The normalized spacial score (nSPS) is 12.1. The summed E-state index contributed by atoms with van der Waals surface area (Å²) in [6.07, 6.45) is 0. The number of halogens is 1. The van der Waals surface area contributed by atoms with Gasteiger partial charge in [0.05, 0.1) is 0 Å². The van der Waals surface area contributed by atoms with Gasteiger partial charge in [-0.15, -0.1) is 0 Å². The molecule has 2 aromatic rings. The molecular formula is C12H14ClN5. The Hall–Kier alpha value is -1.88. The van der Waals surface area contributed by atoms with Crippen LogP contribution in [0.1, 0.15) is 18.4 Å². The van der Waals surface area contributed by atoms with Crippen molar-refractivity contribution in [2.75, 3.05) is 17.6 Å². The van der Waals surface area contributed by atoms with Crippen molar-refractivity contribution in [2.45, 2.75) is 12.8 Å². The van der Waals surface area contributed by atoms with Crippen molar-refractivity contribution in [1.29, 1.82) is 0 Å². The molecule has 0 aliphatic rings. The summed E-state index contributed by atoms with van der Waals surface area (Å²) in [6, 6.07) is 10.2. The van der Waals surface area contributed by atoms with Crippen molar-refractivity contribution in [3.8, 4) is 0 Å². The predicted molar refractivity (Wildman–Crippen MR) is 72.6 cm³/mol. The Morgan fingerprint density at radius 2 is 1.94 bits per heavy atom. The molecule has 94 valence electrons. The SMILES string of the molecule is CC(CNc1nc(N)nc(Cl)n1)c1ccccc1. The Kier molecular flexibility index (Phi) is 3.94. The van der Waals surface area contributed by atoms with E-state index in [4.69, 9.17) is 17.3 Å². The first kappa shape index (κ1) is 12.6. The van der Waals surface area contributed by atoms with Crippen LogP contribution in [0.4, 0.5) is 11.9 Å². The number of nitrogen functional groups attached to an aromatic ring is 1. The van der Waals surface area contributed by atoms with Crippen molar-refractivity contribution >= 4 is 23.5 Å². The summed E-state index contributed by atoms with van der Waals surface area (Å²) >= 11 is 5.70. The van der Waals surface area contributed by atoms with E-state index in [1.807, 2.05) is 18.2 Å². The standard InChI is InChI=1S/C12H14ClN5/c1-8(9-5-3-2-4-6-9)7-15-12-17-10(13)16-11(14)18-12/h2-6,8H,7H2,1H3,(H3,14,15,16,17,18). The fraction of sp³-hybridized carbons (Fsp3) is 0.250. The van der Waals surface area contributed by atoms with Gasteiger partial charge in [-0.2, -0.15) is 15.0 Å². The molecule has 0 fully saturated rings. The zero-order valence-electron chi connectivity index (χ0n) is 9.97. The second-order valence-electron chi connectivity index (χ2n) is 3.98. The van der Waals surface area contributed by atoms with E-state index in [0.717, 1.165) is 0 Å². The van der Waals surface area contributed by atoms with E-state index in [-0.39, 0.29) is 11.2 Å². The highest BCUT2D eigenvalue weighted by atomic mass is 35.5. The molecule has 0 spiro atoms. The molecule has 0 radical (unpaired) electrons. The summed E-state index contributed by atoms with van der Waals surface area (Å²) in [6.45, 7) is 2.82. The molecule has 1 aromatic heterocycles. The van der Waals surface area contributed by atoms with Crippen LogP contribution in [0.15, 0.2) is 30.3 Å². The number of hydrogen-bond donors (Lipinski definition) is 2. The van der Waals surface area contributed by atoms with E-state index >= 15 is 0 Å². The van der Waals surface area contributed by atoms with E-state index in [0.29, 0.717) is 18.4 Å². The molecule has 3 N–H and O–H groups in total. The van der Waals surface area contributed by atoms with Gasteiger partial charge in [0.15, 0.2) is 0 Å². The number of nitrogens with zero attached hydrogens (tertiary/aromatic N) is 3. The van der Waals surface area contributed by atoms with Gasteiger partial charge in [-0.25, -0.2) is 0 Å². The summed E-state index contributed by atoms with van der Waals surface area (Å²) in [4.78, 5) is 11.6.